The van der Waals surface area contributed by atoms with Gasteiger partial charge < -0.3 is 0 Å². The molecule has 1 aromatic carbocycles. The summed E-state index contributed by atoms with van der Waals surface area (Å²) in [4.78, 5) is 2.71. The molecule has 0 aliphatic rings. The van der Waals surface area contributed by atoms with Crippen molar-refractivity contribution in [1.29, 1.82) is 0 Å². The standard InChI is InChI=1S/C21H22S2/c1-4-8-17-16(19-9-6-13-22-19)11-12-18(20-10-7-14-23-20)21(17)15(3)5-2/h6-14H,4-5H2,1-3H3. The monoisotopic (exact) mass is 338 g/mol. The molecular weight excluding hydrogens is 316 g/mol. The van der Waals surface area contributed by atoms with Crippen molar-refractivity contribution >= 4 is 34.3 Å². The molecule has 0 atom stereocenters. The van der Waals surface area contributed by atoms with Gasteiger partial charge in [0.05, 0.1) is 0 Å². The van der Waals surface area contributed by atoms with Gasteiger partial charge in [0.1, 0.15) is 0 Å². The fourth-order valence-corrected chi connectivity index (χ4v) is 4.48. The molecule has 0 aliphatic heterocycles. The summed E-state index contributed by atoms with van der Waals surface area (Å²) in [6.07, 6.45) is 4.52. The van der Waals surface area contributed by atoms with Crippen molar-refractivity contribution in [3.8, 4) is 20.9 Å². The molecule has 3 rings (SSSR count). The minimum atomic E-state index is 1.05. The van der Waals surface area contributed by atoms with E-state index in [9.17, 15) is 0 Å². The highest BCUT2D eigenvalue weighted by atomic mass is 32.1. The molecule has 0 fully saturated rings. The van der Waals surface area contributed by atoms with Crippen LogP contribution in [0.3, 0.4) is 0 Å². The van der Waals surface area contributed by atoms with Gasteiger partial charge >= 0.3 is 0 Å². The molecular formula is C21H22S2. The zero-order valence-corrected chi connectivity index (χ0v) is 15.6. The summed E-state index contributed by atoms with van der Waals surface area (Å²) in [6, 6.07) is 13.3. The number of hydrogen-bond acceptors (Lipinski definition) is 2. The first-order valence-corrected chi connectivity index (χ1v) is 9.93. The van der Waals surface area contributed by atoms with Crippen LogP contribution in [0, 0.1) is 0 Å². The quantitative estimate of drug-likeness (QED) is 0.554. The van der Waals surface area contributed by atoms with E-state index in [2.05, 4.69) is 74.0 Å². The van der Waals surface area contributed by atoms with Crippen molar-refractivity contribution in [1.82, 2.24) is 0 Å². The molecule has 0 nitrogen and oxygen atoms in total. The second-order valence-electron chi connectivity index (χ2n) is 5.65. The van der Waals surface area contributed by atoms with E-state index in [-0.39, 0.29) is 0 Å². The maximum Gasteiger partial charge on any atom is 0.0348 e. The molecule has 0 saturated heterocycles. The maximum absolute atomic E-state index is 2.39. The van der Waals surface area contributed by atoms with Crippen molar-refractivity contribution < 1.29 is 0 Å². The third-order valence-corrected chi connectivity index (χ3v) is 5.99. The summed E-state index contributed by atoms with van der Waals surface area (Å²) >= 11 is 3.64. The smallest absolute Gasteiger partial charge is 0.0348 e. The Balaban J connectivity index is 2.44. The predicted octanol–water partition coefficient (Wildman–Crippen LogP) is 5.91. The van der Waals surface area contributed by atoms with Gasteiger partial charge in [-0.1, -0.05) is 49.8 Å². The molecule has 0 aliphatic carbocycles. The van der Waals surface area contributed by atoms with Crippen LogP contribution in [-0.4, -0.2) is 0 Å². The molecule has 0 radical (unpaired) electrons. The van der Waals surface area contributed by atoms with Crippen LogP contribution < -0.4 is 10.4 Å². The first kappa shape index (κ1) is 16.2. The lowest BCUT2D eigenvalue weighted by atomic mass is 9.97. The summed E-state index contributed by atoms with van der Waals surface area (Å²) in [5.74, 6) is 0. The highest BCUT2D eigenvalue weighted by molar-refractivity contribution is 7.13. The molecule has 0 amide bonds. The maximum atomic E-state index is 2.39. The number of benzene rings is 1. The van der Waals surface area contributed by atoms with Gasteiger partial charge in [0.2, 0.25) is 0 Å². The van der Waals surface area contributed by atoms with E-state index < -0.39 is 0 Å². The molecule has 2 aromatic heterocycles. The summed E-state index contributed by atoms with van der Waals surface area (Å²) in [7, 11) is 0. The molecule has 0 saturated carbocycles. The fraction of sp³-hybridized carbons (Fsp3) is 0.238. The molecule has 3 aromatic rings. The van der Waals surface area contributed by atoms with E-state index in [1.807, 2.05) is 22.7 Å². The van der Waals surface area contributed by atoms with E-state index >= 15 is 0 Å². The average molecular weight is 339 g/mol. The Morgan fingerprint density at radius 3 is 2.04 bits per heavy atom. The summed E-state index contributed by atoms with van der Waals surface area (Å²) in [5, 5.41) is 7.16. The van der Waals surface area contributed by atoms with Gasteiger partial charge in [-0.2, -0.15) is 0 Å². The molecule has 0 spiro atoms. The molecule has 0 bridgehead atoms. The van der Waals surface area contributed by atoms with Gasteiger partial charge in [-0.25, -0.2) is 0 Å². The fourth-order valence-electron chi connectivity index (χ4n) is 2.96. The van der Waals surface area contributed by atoms with Crippen LogP contribution in [0.4, 0.5) is 0 Å². The zero-order valence-electron chi connectivity index (χ0n) is 13.9. The Morgan fingerprint density at radius 1 is 0.913 bits per heavy atom. The lowest BCUT2D eigenvalue weighted by molar-refractivity contribution is 1.20. The third kappa shape index (κ3) is 3.19. The van der Waals surface area contributed by atoms with E-state index in [4.69, 9.17) is 0 Å². The normalized spacial score (nSPS) is 13.4. The first-order valence-electron chi connectivity index (χ1n) is 8.17. The minimum absolute atomic E-state index is 1.05. The van der Waals surface area contributed by atoms with Crippen molar-refractivity contribution in [3.63, 3.8) is 0 Å². The molecule has 2 heteroatoms. The number of thiophene rings is 2. The summed E-state index contributed by atoms with van der Waals surface area (Å²) in [5.41, 5.74) is 4.20. The van der Waals surface area contributed by atoms with Gasteiger partial charge in [-0.15, -0.1) is 22.7 Å². The van der Waals surface area contributed by atoms with Crippen LogP contribution >= 0.6 is 22.7 Å². The van der Waals surface area contributed by atoms with Gasteiger partial charge in [0, 0.05) is 9.75 Å². The van der Waals surface area contributed by atoms with Crippen LogP contribution in [0.15, 0.2) is 47.2 Å². The molecule has 2 heterocycles. The lowest BCUT2D eigenvalue weighted by Crippen LogP contribution is -2.30. The van der Waals surface area contributed by atoms with Crippen LogP contribution in [-0.2, 0) is 0 Å². The van der Waals surface area contributed by atoms with Crippen LogP contribution in [0.2, 0.25) is 0 Å². The zero-order chi connectivity index (χ0) is 16.2. The Kier molecular flexibility index (Phi) is 5.14. The SMILES string of the molecule is CCC=c1c(-c2cccs2)ccc(-c2cccs2)c1=C(C)CC. The summed E-state index contributed by atoms with van der Waals surface area (Å²) in [6.45, 7) is 6.75. The van der Waals surface area contributed by atoms with Gasteiger partial charge in [-0.3, -0.25) is 0 Å². The van der Waals surface area contributed by atoms with Crippen molar-refractivity contribution in [2.45, 2.75) is 33.6 Å². The molecule has 0 unspecified atom stereocenters. The Bertz CT molecular complexity index is 882. The van der Waals surface area contributed by atoms with Gasteiger partial charge in [0.15, 0.2) is 0 Å². The van der Waals surface area contributed by atoms with Crippen LogP contribution in [0.5, 0.6) is 0 Å². The Morgan fingerprint density at radius 2 is 1.52 bits per heavy atom. The van der Waals surface area contributed by atoms with Crippen LogP contribution in [0.25, 0.3) is 32.5 Å². The third-order valence-electron chi connectivity index (χ3n) is 4.18. The predicted molar refractivity (Wildman–Crippen MR) is 106 cm³/mol. The molecule has 0 N–H and O–H groups in total. The van der Waals surface area contributed by atoms with Gasteiger partial charge in [-0.05, 0) is 64.2 Å². The van der Waals surface area contributed by atoms with Crippen molar-refractivity contribution in [2.75, 3.05) is 0 Å². The molecule has 23 heavy (non-hydrogen) atoms. The highest BCUT2D eigenvalue weighted by Crippen LogP contribution is 2.26. The Hall–Kier alpha value is -1.64. The Labute approximate surface area is 146 Å². The number of rotatable bonds is 4. The lowest BCUT2D eigenvalue weighted by Gasteiger charge is -2.09. The molecule has 118 valence electrons. The minimum Gasteiger partial charge on any atom is -0.144 e. The second kappa shape index (κ2) is 7.29. The van der Waals surface area contributed by atoms with Crippen LogP contribution in [0.1, 0.15) is 33.6 Å². The first-order chi connectivity index (χ1) is 11.3. The largest absolute Gasteiger partial charge is 0.144 e. The highest BCUT2D eigenvalue weighted by Gasteiger charge is 2.09. The second-order valence-corrected chi connectivity index (χ2v) is 7.55. The topological polar surface area (TPSA) is 0 Å². The summed E-state index contributed by atoms with van der Waals surface area (Å²) < 4.78 is 0. The van der Waals surface area contributed by atoms with Gasteiger partial charge in [0.25, 0.3) is 0 Å². The average Bonchev–Trinajstić information content (AvgIpc) is 3.27. The van der Waals surface area contributed by atoms with Crippen molar-refractivity contribution in [2.24, 2.45) is 0 Å². The number of hydrogen-bond donors (Lipinski definition) is 0. The van der Waals surface area contributed by atoms with E-state index in [0.29, 0.717) is 0 Å². The van der Waals surface area contributed by atoms with E-state index in [0.717, 1.165) is 12.8 Å². The van der Waals surface area contributed by atoms with E-state index in [1.165, 1.54) is 36.9 Å². The van der Waals surface area contributed by atoms with Crippen molar-refractivity contribution in [3.05, 3.63) is 57.6 Å². The van der Waals surface area contributed by atoms with E-state index in [1.54, 1.807) is 0 Å².